The lowest BCUT2D eigenvalue weighted by atomic mass is 9.85. The molecule has 1 aliphatic rings. The predicted octanol–water partition coefficient (Wildman–Crippen LogP) is 2.99. The highest BCUT2D eigenvalue weighted by molar-refractivity contribution is 5.85. The molecule has 1 aromatic carbocycles. The molecule has 2 unspecified atom stereocenters. The Labute approximate surface area is 143 Å². The number of hydrogen-bond donors (Lipinski definition) is 1. The number of nitrogens with two attached hydrogens (primary N) is 1. The topological polar surface area (TPSA) is 55.6 Å². The van der Waals surface area contributed by atoms with E-state index in [1.165, 1.54) is 12.1 Å². The number of ether oxygens (including phenoxy) is 1. The first-order chi connectivity index (χ1) is 10.6. The van der Waals surface area contributed by atoms with Crippen molar-refractivity contribution in [1.29, 1.82) is 0 Å². The zero-order valence-electron chi connectivity index (χ0n) is 13.5. The van der Waals surface area contributed by atoms with Crippen LogP contribution in [0.4, 0.5) is 4.39 Å². The van der Waals surface area contributed by atoms with E-state index in [4.69, 9.17) is 10.5 Å². The molecule has 1 saturated carbocycles. The normalized spacial score (nSPS) is 20.5. The summed E-state index contributed by atoms with van der Waals surface area (Å²) < 4.78 is 18.3. The highest BCUT2D eigenvalue weighted by Crippen LogP contribution is 2.24. The Morgan fingerprint density at radius 1 is 1.35 bits per heavy atom. The summed E-state index contributed by atoms with van der Waals surface area (Å²) in [5.74, 6) is 0.640. The van der Waals surface area contributed by atoms with E-state index < -0.39 is 0 Å². The van der Waals surface area contributed by atoms with Crippen molar-refractivity contribution in [2.24, 2.45) is 11.7 Å². The average Bonchev–Trinajstić information content (AvgIpc) is 2.52. The molecule has 0 heterocycles. The molecule has 4 nitrogen and oxygen atoms in total. The van der Waals surface area contributed by atoms with Gasteiger partial charge in [0.25, 0.3) is 0 Å². The number of nitrogens with zero attached hydrogens (tertiary/aromatic N) is 1. The van der Waals surface area contributed by atoms with E-state index in [1.54, 1.807) is 17.0 Å². The average molecular weight is 345 g/mol. The molecule has 0 aromatic heterocycles. The van der Waals surface area contributed by atoms with Gasteiger partial charge in [-0.1, -0.05) is 6.42 Å². The Kier molecular flexibility index (Phi) is 8.34. The summed E-state index contributed by atoms with van der Waals surface area (Å²) in [4.78, 5) is 14.1. The van der Waals surface area contributed by atoms with Crippen LogP contribution in [0.15, 0.2) is 24.3 Å². The summed E-state index contributed by atoms with van der Waals surface area (Å²) in [7, 11) is 1.83. The number of benzene rings is 1. The molecular weight excluding hydrogens is 319 g/mol. The third-order valence-corrected chi connectivity index (χ3v) is 4.16. The summed E-state index contributed by atoms with van der Waals surface area (Å²) >= 11 is 0. The highest BCUT2D eigenvalue weighted by Gasteiger charge is 2.27. The number of carbonyl (C=O) groups excluding carboxylic acids is 1. The van der Waals surface area contributed by atoms with E-state index in [0.717, 1.165) is 32.1 Å². The van der Waals surface area contributed by atoms with Gasteiger partial charge < -0.3 is 15.4 Å². The van der Waals surface area contributed by atoms with Gasteiger partial charge >= 0.3 is 0 Å². The summed E-state index contributed by atoms with van der Waals surface area (Å²) in [5, 5.41) is 0. The van der Waals surface area contributed by atoms with Crippen LogP contribution in [0.2, 0.25) is 0 Å². The second kappa shape index (κ2) is 9.73. The summed E-state index contributed by atoms with van der Waals surface area (Å²) in [6, 6.07) is 6.12. The van der Waals surface area contributed by atoms with Crippen LogP contribution >= 0.6 is 12.4 Å². The monoisotopic (exact) mass is 344 g/mol. The molecule has 1 aliphatic carbocycles. The second-order valence-electron chi connectivity index (χ2n) is 6.04. The van der Waals surface area contributed by atoms with E-state index in [2.05, 4.69) is 0 Å². The van der Waals surface area contributed by atoms with Gasteiger partial charge in [-0.05, 0) is 49.9 Å². The molecule has 0 saturated heterocycles. The Hall–Kier alpha value is -1.33. The maximum absolute atomic E-state index is 12.8. The van der Waals surface area contributed by atoms with Crippen LogP contribution in [0.1, 0.15) is 32.1 Å². The van der Waals surface area contributed by atoms with Crippen molar-refractivity contribution < 1.29 is 13.9 Å². The van der Waals surface area contributed by atoms with Crippen molar-refractivity contribution in [3.8, 4) is 5.75 Å². The molecule has 1 fully saturated rings. The van der Waals surface area contributed by atoms with Gasteiger partial charge in [0.05, 0.1) is 6.61 Å². The van der Waals surface area contributed by atoms with Gasteiger partial charge in [-0.25, -0.2) is 4.39 Å². The van der Waals surface area contributed by atoms with Crippen LogP contribution < -0.4 is 10.5 Å². The maximum atomic E-state index is 12.8. The third kappa shape index (κ3) is 6.36. The highest BCUT2D eigenvalue weighted by atomic mass is 35.5. The standard InChI is InChI=1S/C17H25FN2O2.ClH/c1-20(17(21)13-4-2-5-15(19)12-13)10-3-11-22-16-8-6-14(18)7-9-16;/h6-9,13,15H,2-5,10-12,19H2,1H3;1H. The molecule has 2 N–H and O–H groups in total. The Morgan fingerprint density at radius 3 is 2.70 bits per heavy atom. The van der Waals surface area contributed by atoms with E-state index in [9.17, 15) is 9.18 Å². The first-order valence-electron chi connectivity index (χ1n) is 7.95. The smallest absolute Gasteiger partial charge is 0.225 e. The largest absolute Gasteiger partial charge is 0.494 e. The van der Waals surface area contributed by atoms with Crippen molar-refractivity contribution in [3.05, 3.63) is 30.1 Å². The molecule has 1 amide bonds. The first kappa shape index (κ1) is 19.7. The zero-order chi connectivity index (χ0) is 15.9. The predicted molar refractivity (Wildman–Crippen MR) is 91.3 cm³/mol. The van der Waals surface area contributed by atoms with Crippen LogP contribution in [0.25, 0.3) is 0 Å². The minimum absolute atomic E-state index is 0. The Morgan fingerprint density at radius 2 is 2.04 bits per heavy atom. The van der Waals surface area contributed by atoms with Gasteiger partial charge in [0.1, 0.15) is 11.6 Å². The molecular formula is C17H26ClFN2O2. The minimum atomic E-state index is -0.275. The number of carbonyl (C=O) groups is 1. The molecule has 23 heavy (non-hydrogen) atoms. The van der Waals surface area contributed by atoms with E-state index in [-0.39, 0.29) is 36.1 Å². The molecule has 0 aliphatic heterocycles. The van der Waals surface area contributed by atoms with Gasteiger partial charge in [-0.15, -0.1) is 12.4 Å². The lowest BCUT2D eigenvalue weighted by Gasteiger charge is -2.29. The fourth-order valence-corrected chi connectivity index (χ4v) is 2.90. The quantitative estimate of drug-likeness (QED) is 0.807. The van der Waals surface area contributed by atoms with Crippen molar-refractivity contribution >= 4 is 18.3 Å². The van der Waals surface area contributed by atoms with Crippen molar-refractivity contribution in [2.75, 3.05) is 20.2 Å². The lowest BCUT2D eigenvalue weighted by molar-refractivity contribution is -0.135. The van der Waals surface area contributed by atoms with Crippen LogP contribution in [0.3, 0.4) is 0 Å². The molecule has 130 valence electrons. The third-order valence-electron chi connectivity index (χ3n) is 4.16. The van der Waals surface area contributed by atoms with E-state index >= 15 is 0 Å². The molecule has 0 radical (unpaired) electrons. The lowest BCUT2D eigenvalue weighted by Crippen LogP contribution is -2.39. The number of hydrogen-bond acceptors (Lipinski definition) is 3. The van der Waals surface area contributed by atoms with Crippen LogP contribution in [0, 0.1) is 11.7 Å². The number of rotatable bonds is 6. The van der Waals surface area contributed by atoms with Crippen LogP contribution in [-0.4, -0.2) is 37.0 Å². The van der Waals surface area contributed by atoms with Gasteiger partial charge in [0.15, 0.2) is 0 Å². The molecule has 2 rings (SSSR count). The SMILES string of the molecule is CN(CCCOc1ccc(F)cc1)C(=O)C1CCCC(N)C1.Cl. The molecule has 6 heteroatoms. The van der Waals surface area contributed by atoms with Crippen molar-refractivity contribution in [3.63, 3.8) is 0 Å². The second-order valence-corrected chi connectivity index (χ2v) is 6.04. The summed E-state index contributed by atoms with van der Waals surface area (Å²) in [6.45, 7) is 1.17. The summed E-state index contributed by atoms with van der Waals surface area (Å²) in [5.41, 5.74) is 5.94. The Balaban J connectivity index is 0.00000264. The van der Waals surface area contributed by atoms with Gasteiger partial charge in [-0.2, -0.15) is 0 Å². The van der Waals surface area contributed by atoms with Crippen LogP contribution in [0.5, 0.6) is 5.75 Å². The fourth-order valence-electron chi connectivity index (χ4n) is 2.90. The van der Waals surface area contributed by atoms with Crippen molar-refractivity contribution in [1.82, 2.24) is 4.90 Å². The molecule has 1 aromatic rings. The van der Waals surface area contributed by atoms with Gasteiger partial charge in [0, 0.05) is 25.6 Å². The van der Waals surface area contributed by atoms with Crippen molar-refractivity contribution in [2.45, 2.75) is 38.1 Å². The number of halogens is 2. The van der Waals surface area contributed by atoms with E-state index in [1.807, 2.05) is 7.05 Å². The number of amides is 1. The molecule has 0 bridgehead atoms. The fraction of sp³-hybridized carbons (Fsp3) is 0.588. The maximum Gasteiger partial charge on any atom is 0.225 e. The van der Waals surface area contributed by atoms with Gasteiger partial charge in [-0.3, -0.25) is 4.79 Å². The zero-order valence-corrected chi connectivity index (χ0v) is 14.4. The van der Waals surface area contributed by atoms with E-state index in [0.29, 0.717) is 18.9 Å². The minimum Gasteiger partial charge on any atom is -0.494 e. The molecule has 0 spiro atoms. The first-order valence-corrected chi connectivity index (χ1v) is 7.95. The summed E-state index contributed by atoms with van der Waals surface area (Å²) in [6.07, 6.45) is 4.56. The van der Waals surface area contributed by atoms with Gasteiger partial charge in [0.2, 0.25) is 5.91 Å². The van der Waals surface area contributed by atoms with Crippen LogP contribution in [-0.2, 0) is 4.79 Å². The molecule has 2 atom stereocenters. The Bertz CT molecular complexity index is 484.